The first-order chi connectivity index (χ1) is 63.1. The van der Waals surface area contributed by atoms with Crippen LogP contribution < -0.4 is 4.74 Å². The van der Waals surface area contributed by atoms with Gasteiger partial charge in [-0.3, -0.25) is 81.5 Å². The molecule has 0 unspecified atom stereocenters. The van der Waals surface area contributed by atoms with Crippen LogP contribution in [0.25, 0.3) is 0 Å². The quantitative estimate of drug-likeness (QED) is 0.0378. The van der Waals surface area contributed by atoms with Gasteiger partial charge in [0.2, 0.25) is 0 Å². The van der Waals surface area contributed by atoms with Crippen molar-refractivity contribution >= 4 is 101 Å². The molecule has 6 heterocycles. The predicted octanol–water partition coefficient (Wildman–Crippen LogP) is 4.42. The fraction of sp³-hybridized carbons (Fsp3) is 0.739. The molecule has 6 fully saturated rings. The topological polar surface area (TPSA) is 558 Å². The highest BCUT2D eigenvalue weighted by molar-refractivity contribution is 5.75. The Bertz CT molecular complexity index is 4160. The summed E-state index contributed by atoms with van der Waals surface area (Å²) in [6.45, 7) is 21.0. The predicted molar refractivity (Wildman–Crippen MR) is 439 cm³/mol. The van der Waals surface area contributed by atoms with Crippen molar-refractivity contribution in [1.82, 2.24) is 0 Å². The summed E-state index contributed by atoms with van der Waals surface area (Å²) in [6, 6.07) is 8.39. The average Bonchev–Trinajstić information content (AvgIpc) is 0.749. The fourth-order valence-corrected chi connectivity index (χ4v) is 16.2. The van der Waals surface area contributed by atoms with Gasteiger partial charge in [0.05, 0.1) is 36.9 Å². The molecule has 6 aliphatic heterocycles. The van der Waals surface area contributed by atoms with Crippen LogP contribution in [0.2, 0.25) is 0 Å². The minimum Gasteiger partial charge on any atom is -0.463 e. The molecular formula is C88H124O46. The van der Waals surface area contributed by atoms with Crippen molar-refractivity contribution in [2.24, 2.45) is 0 Å². The molecule has 0 aromatic heterocycles. The van der Waals surface area contributed by atoms with E-state index in [0.29, 0.717) is 63.5 Å². The lowest BCUT2D eigenvalue weighted by atomic mass is 9.94. The Kier molecular flexibility index (Phi) is 43.6. The minimum atomic E-state index is -2.45. The number of esters is 17. The molecule has 0 bridgehead atoms. The van der Waals surface area contributed by atoms with Gasteiger partial charge in [-0.25, -0.2) is 0 Å². The third-order valence-electron chi connectivity index (χ3n) is 21.1. The second kappa shape index (κ2) is 52.7. The highest BCUT2D eigenvalue weighted by Crippen LogP contribution is 2.44. The van der Waals surface area contributed by atoms with Gasteiger partial charge in [-0.15, -0.1) is 0 Å². The number of carbonyl (C=O) groups is 17. The smallest absolute Gasteiger partial charge is 0.314 e. The number of rotatable bonds is 43. The van der Waals surface area contributed by atoms with Crippen LogP contribution in [0.4, 0.5) is 0 Å². The van der Waals surface area contributed by atoms with E-state index in [0.717, 1.165) is 104 Å². The Morgan fingerprint density at radius 1 is 0.269 bits per heavy atom. The zero-order chi connectivity index (χ0) is 99.4. The summed E-state index contributed by atoms with van der Waals surface area (Å²) < 4.78 is 180. The van der Waals surface area contributed by atoms with Gasteiger partial charge in [-0.05, 0) is 65.5 Å². The zero-order valence-electron chi connectivity index (χ0n) is 78.6. The Balaban J connectivity index is 1.46. The van der Waals surface area contributed by atoms with Crippen LogP contribution in [0.15, 0.2) is 30.3 Å². The van der Waals surface area contributed by atoms with Crippen molar-refractivity contribution in [1.29, 1.82) is 0 Å². The van der Waals surface area contributed by atoms with Gasteiger partial charge >= 0.3 is 101 Å². The highest BCUT2D eigenvalue weighted by atomic mass is 16.8. The molecule has 1 aromatic carbocycles. The molecule has 0 radical (unpaired) electrons. The van der Waals surface area contributed by atoms with Crippen LogP contribution in [0, 0.1) is 0 Å². The van der Waals surface area contributed by atoms with E-state index in [2.05, 4.69) is 0 Å². The fourth-order valence-electron chi connectivity index (χ4n) is 16.2. The Labute approximate surface area is 772 Å². The normalized spacial score (nSPS) is 32.1. The third-order valence-corrected chi connectivity index (χ3v) is 21.1. The average molecular weight is 1920 g/mol. The van der Waals surface area contributed by atoms with E-state index in [1.165, 1.54) is 34.6 Å². The number of para-hydroxylation sites is 1. The molecule has 6 aliphatic rings. The van der Waals surface area contributed by atoms with Crippen LogP contribution >= 0.6 is 0 Å². The lowest BCUT2D eigenvalue weighted by molar-refractivity contribution is -0.414. The molecule has 6 saturated heterocycles. The van der Waals surface area contributed by atoms with Gasteiger partial charge in [0.25, 0.3) is 0 Å². The molecule has 134 heavy (non-hydrogen) atoms. The number of benzene rings is 1. The van der Waals surface area contributed by atoms with E-state index < -0.39 is 311 Å². The summed E-state index contributed by atoms with van der Waals surface area (Å²) in [5.41, 5.74) is 0. The molecule has 752 valence electrons. The van der Waals surface area contributed by atoms with Crippen molar-refractivity contribution in [3.05, 3.63) is 30.3 Å². The molecule has 0 amide bonds. The largest absolute Gasteiger partial charge is 0.463 e. The summed E-state index contributed by atoms with van der Waals surface area (Å²) in [5, 5.41) is 0. The second-order valence-corrected chi connectivity index (χ2v) is 32.6. The first-order valence-electron chi connectivity index (χ1n) is 43.9. The van der Waals surface area contributed by atoms with E-state index in [1.54, 1.807) is 30.3 Å². The molecule has 7 rings (SSSR count). The van der Waals surface area contributed by atoms with Crippen LogP contribution in [0.3, 0.4) is 0 Å². The number of carbonyl (C=O) groups excluding carboxylic acids is 17. The third kappa shape index (κ3) is 33.9. The number of hydrogen-bond acceptors (Lipinski definition) is 46. The maximum absolute atomic E-state index is 14.5. The minimum absolute atomic E-state index is 0.198. The maximum Gasteiger partial charge on any atom is 0.314 e. The van der Waals surface area contributed by atoms with E-state index in [9.17, 15) is 81.5 Å². The van der Waals surface area contributed by atoms with Crippen LogP contribution in [-0.4, -0.2) is 311 Å². The second-order valence-electron chi connectivity index (χ2n) is 32.6. The van der Waals surface area contributed by atoms with Crippen molar-refractivity contribution < 1.29 is 219 Å². The molecule has 0 N–H and O–H groups in total. The molecule has 0 saturated carbocycles. The molecule has 46 nitrogen and oxygen atoms in total. The molecule has 0 spiro atoms. The lowest BCUT2D eigenvalue weighted by Crippen LogP contribution is -2.70. The van der Waals surface area contributed by atoms with E-state index in [-0.39, 0.29) is 6.42 Å². The van der Waals surface area contributed by atoms with Gasteiger partial charge in [0.1, 0.15) is 49.5 Å². The number of hydrogen-bond donors (Lipinski definition) is 0. The molecular weight excluding hydrogens is 1790 g/mol. The Hall–Kier alpha value is -10.3. The number of ether oxygens (including phenoxy) is 29. The van der Waals surface area contributed by atoms with Crippen LogP contribution in [0.5, 0.6) is 5.75 Å². The maximum atomic E-state index is 14.5. The van der Waals surface area contributed by atoms with Crippen LogP contribution in [0.1, 0.15) is 210 Å². The molecule has 32 atom stereocenters. The van der Waals surface area contributed by atoms with Crippen molar-refractivity contribution in [3.8, 4) is 5.75 Å². The van der Waals surface area contributed by atoms with Crippen molar-refractivity contribution in [2.75, 3.05) is 13.2 Å². The van der Waals surface area contributed by atoms with Crippen molar-refractivity contribution in [3.63, 3.8) is 0 Å². The first-order valence-corrected chi connectivity index (χ1v) is 43.9. The van der Waals surface area contributed by atoms with Crippen molar-refractivity contribution in [2.45, 2.75) is 406 Å². The van der Waals surface area contributed by atoms with Gasteiger partial charge < -0.3 is 137 Å². The molecule has 46 heteroatoms. The van der Waals surface area contributed by atoms with E-state index >= 15 is 0 Å². The summed E-state index contributed by atoms with van der Waals surface area (Å²) in [4.78, 5) is 227. The molecule has 1 aromatic rings. The SMILES string of the molecule is CCC[C@@H](CCCCCCC[C@@H](CC(=O)Oc1ccccc1)OC(C)=O)O[C@@H]1O[C@H](C)[C@H](OC(C)=O)[C@H](OC(C)=O)[C@H]1O[C@@H]1O[C@H](COC(C)=O)[C@@H](OC(C)=O)[C@H](OC(C)=O)[C@H]1O[C@@H]1O[C@@H](C)[C@H](O[C@@H]2O[C@H](C)[C@@H](OC(C)=O)[C@H](OC(C)=O)[C@H]2OC(C)=O)[C@@H](O[C@@H]2O[C@H](COC(C)=O)[C@@H](OC(C)=O)[C@H](OC(C)=O)[C@H]2O[C@@H]2O[C@H](C)[C@@H](OC(C)=O)[C@H](OC(C)=O)[C@H]2OC(C)=O)[C@H]1OC(C)=O. The lowest BCUT2D eigenvalue weighted by Gasteiger charge is -2.52. The highest BCUT2D eigenvalue weighted by Gasteiger charge is 2.64. The van der Waals surface area contributed by atoms with Gasteiger partial charge in [-0.1, -0.05) is 57.2 Å². The van der Waals surface area contributed by atoms with Gasteiger partial charge in [-0.2, -0.15) is 0 Å². The summed E-state index contributed by atoms with van der Waals surface area (Å²) in [6.07, 6.45) is -56.1. The summed E-state index contributed by atoms with van der Waals surface area (Å²) in [7, 11) is 0. The summed E-state index contributed by atoms with van der Waals surface area (Å²) in [5.74, 6) is -16.8. The van der Waals surface area contributed by atoms with E-state index in [4.69, 9.17) is 137 Å². The number of unbranched alkanes of at least 4 members (excludes halogenated alkanes) is 4. The molecule has 0 aliphatic carbocycles. The van der Waals surface area contributed by atoms with Gasteiger partial charge in [0.15, 0.2) is 135 Å². The van der Waals surface area contributed by atoms with Crippen LogP contribution in [-0.2, 0) is 214 Å². The van der Waals surface area contributed by atoms with Gasteiger partial charge in [0, 0.05) is 111 Å². The Morgan fingerprint density at radius 3 is 0.881 bits per heavy atom. The van der Waals surface area contributed by atoms with E-state index in [1.807, 2.05) is 6.92 Å². The standard InChI is InChI=1S/C88H124O46/c1-22-31-59(32-27-24-23-25-28-35-61(112-45(8)91)36-64(105)126-60-33-29-26-30-34-60)127-83-80(73(120-53(16)99)67(39(2)108-83)115-48(11)94)134-88-82(76(122-55(18)101)70(117-50(13)96)63(129-88)38-107-44(7)90)133-86-79(125-58(21)104)74(68(42(5)111-86)130-84-77(123-56(19)102)71(118-51(14)97)65(40(3)109-84)113-46(9)92)131-87-81(75(121-54(17)100)69(116-49(12)95)62(128-87)37-106-43(6)89)132-85-78(124-57(20)103)72(119-52(15)98)66(41(4)110-85)114-47(10)93/h26,29-30,33-34,39-42,59,61-63,65-88H,22-25,27-28,31-32,35-38H2,1-21H3/t39-,40-,41-,42+,59+,61+,62-,63-,65-,66-,67+,68+,69-,70-,71+,72+,73+,74-,75+,76+,77-,78-,79-,80-,81-,82-,83+,84+,85+,86+,87+,88+/m1/s1. The monoisotopic (exact) mass is 1920 g/mol. The Morgan fingerprint density at radius 2 is 0.537 bits per heavy atom. The summed E-state index contributed by atoms with van der Waals surface area (Å²) >= 11 is 0. The first kappa shape index (κ1) is 111. The zero-order valence-corrected chi connectivity index (χ0v) is 78.6.